The van der Waals surface area contributed by atoms with E-state index < -0.39 is 0 Å². The normalized spacial score (nSPS) is 30.5. The summed E-state index contributed by atoms with van der Waals surface area (Å²) in [4.78, 5) is 2.52. The van der Waals surface area contributed by atoms with Gasteiger partial charge in [0.1, 0.15) is 0 Å². The Labute approximate surface area is 107 Å². The topological polar surface area (TPSA) is 23.5 Å². The van der Waals surface area contributed by atoms with Crippen molar-refractivity contribution in [3.8, 4) is 0 Å². The summed E-state index contributed by atoms with van der Waals surface area (Å²) in [6.45, 7) is 13.4. The van der Waals surface area contributed by atoms with E-state index in [4.69, 9.17) is 0 Å². The van der Waals surface area contributed by atoms with E-state index in [0.29, 0.717) is 12.0 Å². The molecule has 1 rings (SSSR count). The van der Waals surface area contributed by atoms with Crippen molar-refractivity contribution in [2.24, 2.45) is 11.3 Å². The van der Waals surface area contributed by atoms with Crippen LogP contribution in [0.4, 0.5) is 0 Å². The second-order valence-electron chi connectivity index (χ2n) is 6.43. The highest BCUT2D eigenvalue weighted by molar-refractivity contribution is 4.89. The smallest absolute Gasteiger partial charge is 0.0631 e. The standard InChI is InChI=1S/C15H31NO/c1-6-12(3)16(7-2)11-13-9-8-10-15(4,5)14(13)17/h12-14,17H,6-11H2,1-5H3. The van der Waals surface area contributed by atoms with Crippen molar-refractivity contribution in [3.05, 3.63) is 0 Å². The van der Waals surface area contributed by atoms with Crippen molar-refractivity contribution >= 4 is 0 Å². The summed E-state index contributed by atoms with van der Waals surface area (Å²) in [6.07, 6.45) is 4.69. The molecular formula is C15H31NO. The van der Waals surface area contributed by atoms with E-state index in [-0.39, 0.29) is 11.5 Å². The van der Waals surface area contributed by atoms with Crippen LogP contribution in [0, 0.1) is 11.3 Å². The van der Waals surface area contributed by atoms with E-state index in [1.54, 1.807) is 0 Å². The molecule has 1 N–H and O–H groups in total. The molecule has 0 radical (unpaired) electrons. The van der Waals surface area contributed by atoms with Gasteiger partial charge in [-0.05, 0) is 44.1 Å². The molecule has 0 heterocycles. The van der Waals surface area contributed by atoms with E-state index in [2.05, 4.69) is 39.5 Å². The summed E-state index contributed by atoms with van der Waals surface area (Å²) >= 11 is 0. The highest BCUT2D eigenvalue weighted by atomic mass is 16.3. The second-order valence-corrected chi connectivity index (χ2v) is 6.43. The van der Waals surface area contributed by atoms with Crippen molar-refractivity contribution in [1.29, 1.82) is 0 Å². The molecular weight excluding hydrogens is 210 g/mol. The molecule has 0 saturated heterocycles. The highest BCUT2D eigenvalue weighted by Crippen LogP contribution is 2.39. The first-order valence-electron chi connectivity index (χ1n) is 7.34. The quantitative estimate of drug-likeness (QED) is 0.798. The molecule has 2 heteroatoms. The average Bonchev–Trinajstić information content (AvgIpc) is 2.30. The Bertz CT molecular complexity index is 227. The number of aliphatic hydroxyl groups is 1. The molecule has 0 aliphatic heterocycles. The number of rotatable bonds is 5. The molecule has 0 spiro atoms. The third-order valence-corrected chi connectivity index (χ3v) is 4.73. The van der Waals surface area contributed by atoms with Gasteiger partial charge < -0.3 is 10.0 Å². The Morgan fingerprint density at radius 1 is 1.35 bits per heavy atom. The number of hydrogen-bond donors (Lipinski definition) is 1. The van der Waals surface area contributed by atoms with Crippen LogP contribution in [0.2, 0.25) is 0 Å². The van der Waals surface area contributed by atoms with Crippen LogP contribution >= 0.6 is 0 Å². The molecule has 3 atom stereocenters. The summed E-state index contributed by atoms with van der Waals surface area (Å²) in [5, 5.41) is 10.5. The summed E-state index contributed by atoms with van der Waals surface area (Å²) < 4.78 is 0. The lowest BCUT2D eigenvalue weighted by Crippen LogP contribution is -2.46. The molecule has 1 aliphatic carbocycles. The predicted octanol–water partition coefficient (Wildman–Crippen LogP) is 3.29. The molecule has 1 saturated carbocycles. The Hall–Kier alpha value is -0.0800. The van der Waals surface area contributed by atoms with Gasteiger partial charge in [0.05, 0.1) is 6.10 Å². The second kappa shape index (κ2) is 6.19. The fourth-order valence-corrected chi connectivity index (χ4v) is 3.13. The van der Waals surface area contributed by atoms with Gasteiger partial charge in [0.15, 0.2) is 0 Å². The Morgan fingerprint density at radius 3 is 2.53 bits per heavy atom. The number of aliphatic hydroxyl groups excluding tert-OH is 1. The minimum Gasteiger partial charge on any atom is -0.392 e. The van der Waals surface area contributed by atoms with Crippen LogP contribution in [0.15, 0.2) is 0 Å². The SMILES string of the molecule is CCC(C)N(CC)CC1CCCC(C)(C)C1O. The lowest BCUT2D eigenvalue weighted by atomic mass is 9.69. The van der Waals surface area contributed by atoms with Crippen molar-refractivity contribution in [1.82, 2.24) is 4.90 Å². The Balaban J connectivity index is 2.60. The average molecular weight is 241 g/mol. The van der Waals surface area contributed by atoms with E-state index in [9.17, 15) is 5.11 Å². The fraction of sp³-hybridized carbons (Fsp3) is 1.00. The van der Waals surface area contributed by atoms with E-state index in [0.717, 1.165) is 13.1 Å². The maximum atomic E-state index is 10.5. The molecule has 0 bridgehead atoms. The van der Waals surface area contributed by atoms with Gasteiger partial charge >= 0.3 is 0 Å². The van der Waals surface area contributed by atoms with Gasteiger partial charge in [0, 0.05) is 12.6 Å². The lowest BCUT2D eigenvalue weighted by Gasteiger charge is -2.43. The van der Waals surface area contributed by atoms with E-state index in [1.807, 2.05) is 0 Å². The van der Waals surface area contributed by atoms with Gasteiger partial charge in [-0.25, -0.2) is 0 Å². The monoisotopic (exact) mass is 241 g/mol. The van der Waals surface area contributed by atoms with Crippen LogP contribution in [0.5, 0.6) is 0 Å². The highest BCUT2D eigenvalue weighted by Gasteiger charge is 2.38. The Morgan fingerprint density at radius 2 is 2.00 bits per heavy atom. The van der Waals surface area contributed by atoms with Crippen LogP contribution in [0.1, 0.15) is 60.3 Å². The summed E-state index contributed by atoms with van der Waals surface area (Å²) in [7, 11) is 0. The van der Waals surface area contributed by atoms with E-state index in [1.165, 1.54) is 25.7 Å². The van der Waals surface area contributed by atoms with Crippen molar-refractivity contribution in [2.75, 3.05) is 13.1 Å². The third kappa shape index (κ3) is 3.69. The molecule has 1 aliphatic rings. The molecule has 0 aromatic heterocycles. The first-order chi connectivity index (χ1) is 7.92. The maximum Gasteiger partial charge on any atom is 0.0631 e. The zero-order valence-electron chi connectivity index (χ0n) is 12.4. The molecule has 3 unspecified atom stereocenters. The summed E-state index contributed by atoms with van der Waals surface area (Å²) in [5.41, 5.74) is 0.109. The fourth-order valence-electron chi connectivity index (χ4n) is 3.13. The molecule has 17 heavy (non-hydrogen) atoms. The van der Waals surface area contributed by atoms with Crippen molar-refractivity contribution < 1.29 is 5.11 Å². The molecule has 1 fully saturated rings. The van der Waals surface area contributed by atoms with Crippen molar-refractivity contribution in [3.63, 3.8) is 0 Å². The Kier molecular flexibility index (Phi) is 5.46. The largest absolute Gasteiger partial charge is 0.392 e. The van der Waals surface area contributed by atoms with Crippen LogP contribution in [-0.4, -0.2) is 35.2 Å². The molecule has 0 aromatic rings. The molecule has 2 nitrogen and oxygen atoms in total. The number of hydrogen-bond acceptors (Lipinski definition) is 2. The minimum atomic E-state index is -0.130. The van der Waals surface area contributed by atoms with Crippen LogP contribution in [-0.2, 0) is 0 Å². The first kappa shape index (κ1) is 15.0. The molecule has 0 aromatic carbocycles. The summed E-state index contributed by atoms with van der Waals surface area (Å²) in [5.74, 6) is 0.465. The zero-order valence-corrected chi connectivity index (χ0v) is 12.4. The van der Waals surface area contributed by atoms with Gasteiger partial charge in [-0.2, -0.15) is 0 Å². The van der Waals surface area contributed by atoms with Gasteiger partial charge in [-0.1, -0.05) is 34.1 Å². The molecule has 102 valence electrons. The van der Waals surface area contributed by atoms with Crippen molar-refractivity contribution in [2.45, 2.75) is 72.4 Å². The van der Waals surface area contributed by atoms with Crippen LogP contribution in [0.25, 0.3) is 0 Å². The predicted molar refractivity (Wildman–Crippen MR) is 74.1 cm³/mol. The number of nitrogens with zero attached hydrogens (tertiary/aromatic N) is 1. The van der Waals surface area contributed by atoms with Gasteiger partial charge in [-0.15, -0.1) is 0 Å². The van der Waals surface area contributed by atoms with Gasteiger partial charge in [0.2, 0.25) is 0 Å². The minimum absolute atomic E-state index is 0.109. The summed E-state index contributed by atoms with van der Waals surface area (Å²) in [6, 6.07) is 0.636. The van der Waals surface area contributed by atoms with E-state index >= 15 is 0 Å². The first-order valence-corrected chi connectivity index (χ1v) is 7.34. The van der Waals surface area contributed by atoms with Gasteiger partial charge in [0.25, 0.3) is 0 Å². The lowest BCUT2D eigenvalue weighted by molar-refractivity contribution is -0.0458. The van der Waals surface area contributed by atoms with Crippen LogP contribution in [0.3, 0.4) is 0 Å². The van der Waals surface area contributed by atoms with Crippen LogP contribution < -0.4 is 0 Å². The molecule has 0 amide bonds. The third-order valence-electron chi connectivity index (χ3n) is 4.73. The maximum absolute atomic E-state index is 10.5. The van der Waals surface area contributed by atoms with Gasteiger partial charge in [-0.3, -0.25) is 0 Å². The zero-order chi connectivity index (χ0) is 13.1.